The molecule has 0 aliphatic carbocycles. The van der Waals surface area contributed by atoms with Crippen LogP contribution in [0.1, 0.15) is 40.0 Å². The van der Waals surface area contributed by atoms with Crippen molar-refractivity contribution in [1.29, 1.82) is 0 Å². The molecule has 0 aliphatic rings. The number of amides is 2. The zero-order valence-electron chi connectivity index (χ0n) is 18.7. The van der Waals surface area contributed by atoms with Crippen LogP contribution in [0, 0.1) is 0 Å². The van der Waals surface area contributed by atoms with Gasteiger partial charge in [0.05, 0.1) is 28.4 Å². The monoisotopic (exact) mass is 510 g/mol. The van der Waals surface area contributed by atoms with Gasteiger partial charge in [-0.05, 0) is 42.8 Å². The molecular weight excluding hydrogens is 490 g/mol. The van der Waals surface area contributed by atoms with E-state index in [1.807, 2.05) is 30.3 Å². The molecule has 0 spiro atoms. The second-order valence-electron chi connectivity index (χ2n) is 7.73. The highest BCUT2D eigenvalue weighted by molar-refractivity contribution is 6.04. The van der Waals surface area contributed by atoms with Crippen LogP contribution in [0.3, 0.4) is 0 Å². The molecule has 0 aromatic heterocycles. The second-order valence-corrected chi connectivity index (χ2v) is 7.73. The molecule has 2 N–H and O–H groups in total. The Morgan fingerprint density at radius 2 is 1.39 bits per heavy atom. The van der Waals surface area contributed by atoms with Gasteiger partial charge in [-0.1, -0.05) is 42.5 Å². The summed E-state index contributed by atoms with van der Waals surface area (Å²) in [7, 11) is 0. The van der Waals surface area contributed by atoms with Crippen LogP contribution in [0.5, 0.6) is 5.75 Å². The summed E-state index contributed by atoms with van der Waals surface area (Å²) in [5.74, 6) is -2.18. The summed E-state index contributed by atoms with van der Waals surface area (Å²) in [6.07, 6.45) is -10.1. The standard InChI is InChI=1S/C25H20F6N2O3/c1-15(16-7-3-2-4-8-16)32-23(35)20-9-5-6-10-21(20)33-22(34)14-36-19-12-17(24(26,27)28)11-18(13-19)25(29,30)31/h2-13,15H,14H2,1H3,(H,32,35)(H,33,34)/t15-/m1/s1. The smallest absolute Gasteiger partial charge is 0.416 e. The zero-order chi connectivity index (χ0) is 26.5. The summed E-state index contributed by atoms with van der Waals surface area (Å²) in [5.41, 5.74) is -2.10. The van der Waals surface area contributed by atoms with Crippen LogP contribution < -0.4 is 15.4 Å². The van der Waals surface area contributed by atoms with Crippen molar-refractivity contribution in [2.75, 3.05) is 11.9 Å². The minimum Gasteiger partial charge on any atom is -0.484 e. The van der Waals surface area contributed by atoms with E-state index in [0.29, 0.717) is 12.1 Å². The summed E-state index contributed by atoms with van der Waals surface area (Å²) in [5, 5.41) is 5.19. The van der Waals surface area contributed by atoms with Gasteiger partial charge in [0.25, 0.3) is 11.8 Å². The van der Waals surface area contributed by atoms with E-state index in [2.05, 4.69) is 10.6 Å². The average Bonchev–Trinajstić information content (AvgIpc) is 2.82. The summed E-state index contributed by atoms with van der Waals surface area (Å²) < 4.78 is 82.9. The number of hydrogen-bond donors (Lipinski definition) is 2. The molecule has 190 valence electrons. The summed E-state index contributed by atoms with van der Waals surface area (Å²) in [4.78, 5) is 25.1. The molecule has 11 heteroatoms. The number of nitrogens with one attached hydrogen (secondary N) is 2. The Morgan fingerprint density at radius 1 is 0.833 bits per heavy atom. The van der Waals surface area contributed by atoms with Gasteiger partial charge in [0, 0.05) is 0 Å². The minimum absolute atomic E-state index is 0.0434. The molecule has 36 heavy (non-hydrogen) atoms. The average molecular weight is 510 g/mol. The third-order valence-corrected chi connectivity index (χ3v) is 5.02. The van der Waals surface area contributed by atoms with E-state index < -0.39 is 47.7 Å². The van der Waals surface area contributed by atoms with Crippen LogP contribution in [0.4, 0.5) is 32.0 Å². The number of anilines is 1. The molecule has 0 saturated carbocycles. The molecule has 0 aliphatic heterocycles. The Bertz CT molecular complexity index is 1190. The number of hydrogen-bond acceptors (Lipinski definition) is 3. The van der Waals surface area contributed by atoms with Gasteiger partial charge in [-0.15, -0.1) is 0 Å². The largest absolute Gasteiger partial charge is 0.484 e. The maximum absolute atomic E-state index is 13.0. The van der Waals surface area contributed by atoms with E-state index in [9.17, 15) is 35.9 Å². The number of carbonyl (C=O) groups is 2. The van der Waals surface area contributed by atoms with Gasteiger partial charge in [-0.3, -0.25) is 9.59 Å². The van der Waals surface area contributed by atoms with Gasteiger partial charge in [0.2, 0.25) is 0 Å². The first kappa shape index (κ1) is 26.6. The topological polar surface area (TPSA) is 67.4 Å². The first-order valence-corrected chi connectivity index (χ1v) is 10.5. The van der Waals surface area contributed by atoms with Crippen molar-refractivity contribution in [3.05, 3.63) is 95.1 Å². The Kier molecular flexibility index (Phi) is 7.91. The van der Waals surface area contributed by atoms with E-state index in [-0.39, 0.29) is 23.4 Å². The van der Waals surface area contributed by atoms with Gasteiger partial charge in [-0.2, -0.15) is 26.3 Å². The number of alkyl halides is 6. The number of benzene rings is 3. The van der Waals surface area contributed by atoms with Crippen molar-refractivity contribution in [2.24, 2.45) is 0 Å². The van der Waals surface area contributed by atoms with Gasteiger partial charge in [-0.25, -0.2) is 0 Å². The Labute approximate surface area is 202 Å². The Hall–Kier alpha value is -4.02. The number of para-hydroxylation sites is 1. The molecule has 5 nitrogen and oxygen atoms in total. The normalized spacial score (nSPS) is 12.5. The fourth-order valence-electron chi connectivity index (χ4n) is 3.23. The molecule has 3 aromatic rings. The summed E-state index contributed by atoms with van der Waals surface area (Å²) in [6, 6.07) is 15.4. The molecule has 3 rings (SSSR count). The van der Waals surface area contributed by atoms with Gasteiger partial charge >= 0.3 is 12.4 Å². The third-order valence-electron chi connectivity index (χ3n) is 5.02. The molecular formula is C25H20F6N2O3. The lowest BCUT2D eigenvalue weighted by molar-refractivity contribution is -0.143. The Balaban J connectivity index is 1.70. The van der Waals surface area contributed by atoms with Gasteiger partial charge in [0.1, 0.15) is 5.75 Å². The lowest BCUT2D eigenvalue weighted by atomic mass is 10.1. The van der Waals surface area contributed by atoms with Crippen LogP contribution in [-0.2, 0) is 17.1 Å². The molecule has 0 radical (unpaired) electrons. The van der Waals surface area contributed by atoms with Gasteiger partial charge < -0.3 is 15.4 Å². The highest BCUT2D eigenvalue weighted by atomic mass is 19.4. The van der Waals surface area contributed by atoms with E-state index in [1.165, 1.54) is 18.2 Å². The fourth-order valence-corrected chi connectivity index (χ4v) is 3.23. The molecule has 0 heterocycles. The minimum atomic E-state index is -5.05. The van der Waals surface area contributed by atoms with Crippen LogP contribution >= 0.6 is 0 Å². The molecule has 0 fully saturated rings. The predicted molar refractivity (Wildman–Crippen MR) is 119 cm³/mol. The Morgan fingerprint density at radius 3 is 1.97 bits per heavy atom. The van der Waals surface area contributed by atoms with Crippen molar-refractivity contribution in [1.82, 2.24) is 5.32 Å². The lowest BCUT2D eigenvalue weighted by Gasteiger charge is -2.17. The fraction of sp³-hybridized carbons (Fsp3) is 0.200. The maximum atomic E-state index is 13.0. The highest BCUT2D eigenvalue weighted by Crippen LogP contribution is 2.38. The number of ether oxygens (including phenoxy) is 1. The third kappa shape index (κ3) is 7.00. The molecule has 0 unspecified atom stereocenters. The first-order chi connectivity index (χ1) is 16.8. The van der Waals surface area contributed by atoms with Crippen LogP contribution in [0.15, 0.2) is 72.8 Å². The predicted octanol–water partition coefficient (Wildman–Crippen LogP) is 6.23. The van der Waals surface area contributed by atoms with Crippen molar-refractivity contribution in [2.45, 2.75) is 25.3 Å². The summed E-state index contributed by atoms with van der Waals surface area (Å²) >= 11 is 0. The molecule has 0 bridgehead atoms. The molecule has 3 aromatic carbocycles. The zero-order valence-corrected chi connectivity index (χ0v) is 18.7. The van der Waals surface area contributed by atoms with Crippen molar-refractivity contribution >= 4 is 17.5 Å². The van der Waals surface area contributed by atoms with E-state index in [0.717, 1.165) is 5.56 Å². The second kappa shape index (κ2) is 10.7. The van der Waals surface area contributed by atoms with Crippen molar-refractivity contribution in [3.63, 3.8) is 0 Å². The maximum Gasteiger partial charge on any atom is 0.416 e. The van der Waals surface area contributed by atoms with Crippen LogP contribution in [-0.4, -0.2) is 18.4 Å². The van der Waals surface area contributed by atoms with Gasteiger partial charge in [0.15, 0.2) is 6.61 Å². The molecule has 1 atom stereocenters. The highest BCUT2D eigenvalue weighted by Gasteiger charge is 2.37. The van der Waals surface area contributed by atoms with Crippen LogP contribution in [0.25, 0.3) is 0 Å². The van der Waals surface area contributed by atoms with Crippen LogP contribution in [0.2, 0.25) is 0 Å². The quantitative estimate of drug-likeness (QED) is 0.370. The van der Waals surface area contributed by atoms with Crippen molar-refractivity contribution < 1.29 is 40.7 Å². The molecule has 2 amide bonds. The first-order valence-electron chi connectivity index (χ1n) is 10.5. The lowest BCUT2D eigenvalue weighted by Crippen LogP contribution is -2.28. The summed E-state index contributed by atoms with van der Waals surface area (Å²) in [6.45, 7) is 0.877. The molecule has 0 saturated heterocycles. The van der Waals surface area contributed by atoms with E-state index >= 15 is 0 Å². The number of carbonyl (C=O) groups excluding carboxylic acids is 2. The van der Waals surface area contributed by atoms with E-state index in [4.69, 9.17) is 4.74 Å². The number of halogens is 6. The van der Waals surface area contributed by atoms with E-state index in [1.54, 1.807) is 13.0 Å². The SMILES string of the molecule is C[C@@H](NC(=O)c1ccccc1NC(=O)COc1cc(C(F)(F)F)cc(C(F)(F)F)c1)c1ccccc1. The number of rotatable bonds is 7. The van der Waals surface area contributed by atoms with Crippen molar-refractivity contribution in [3.8, 4) is 5.75 Å².